The molecule has 1 aliphatic rings. The van der Waals surface area contributed by atoms with Gasteiger partial charge in [0.25, 0.3) is 10.0 Å². The number of hydrogen-bond acceptors (Lipinski definition) is 4. The predicted octanol–water partition coefficient (Wildman–Crippen LogP) is 3.52. The molecule has 1 aromatic carbocycles. The maximum atomic E-state index is 12.9. The number of sulfonamides is 1. The van der Waals surface area contributed by atoms with E-state index >= 15 is 0 Å². The second kappa shape index (κ2) is 8.38. The average Bonchev–Trinajstić information content (AvgIpc) is 3.19. The summed E-state index contributed by atoms with van der Waals surface area (Å²) in [7, 11) is -3.87. The zero-order valence-electron chi connectivity index (χ0n) is 16.6. The van der Waals surface area contributed by atoms with Crippen LogP contribution >= 0.6 is 0 Å². The van der Waals surface area contributed by atoms with Gasteiger partial charge in [-0.25, -0.2) is 13.4 Å². The van der Waals surface area contributed by atoms with Gasteiger partial charge in [-0.15, -0.1) is 0 Å². The van der Waals surface area contributed by atoms with Gasteiger partial charge in [0.1, 0.15) is 0 Å². The van der Waals surface area contributed by atoms with E-state index < -0.39 is 33.6 Å². The predicted molar refractivity (Wildman–Crippen MR) is 104 cm³/mol. The van der Waals surface area contributed by atoms with E-state index in [-0.39, 0.29) is 29.8 Å². The highest BCUT2D eigenvalue weighted by Gasteiger charge is 2.35. The van der Waals surface area contributed by atoms with Crippen LogP contribution in [0.5, 0.6) is 0 Å². The SMILES string of the molecule is CC(C)n1cnc(S(=O)(=O)N2CCCC(C(=O)Nc3cccc(C(F)(F)F)c3)C2)c1. The number of alkyl halides is 3. The zero-order valence-corrected chi connectivity index (χ0v) is 17.4. The molecule has 0 bridgehead atoms. The largest absolute Gasteiger partial charge is 0.416 e. The minimum Gasteiger partial charge on any atom is -0.334 e. The van der Waals surface area contributed by atoms with Crippen molar-refractivity contribution >= 4 is 21.6 Å². The van der Waals surface area contributed by atoms with Gasteiger partial charge in [0.05, 0.1) is 17.8 Å². The van der Waals surface area contributed by atoms with Crippen molar-refractivity contribution in [2.45, 2.75) is 43.9 Å². The molecule has 2 aromatic rings. The lowest BCUT2D eigenvalue weighted by molar-refractivity contribution is -0.137. The molecule has 1 aromatic heterocycles. The molecule has 3 rings (SSSR count). The number of carbonyl (C=O) groups excluding carboxylic acids is 1. The molecule has 1 N–H and O–H groups in total. The Bertz CT molecular complexity index is 1020. The Balaban J connectivity index is 1.72. The first-order chi connectivity index (χ1) is 14.0. The minimum atomic E-state index is -4.52. The van der Waals surface area contributed by atoms with Crippen LogP contribution in [0, 0.1) is 5.92 Å². The lowest BCUT2D eigenvalue weighted by atomic mass is 9.98. The summed E-state index contributed by atoms with van der Waals surface area (Å²) in [4.78, 5) is 16.6. The van der Waals surface area contributed by atoms with Crippen LogP contribution in [0.1, 0.15) is 38.3 Å². The number of piperidine rings is 1. The highest BCUT2D eigenvalue weighted by Crippen LogP contribution is 2.31. The number of imidazole rings is 1. The topological polar surface area (TPSA) is 84.3 Å². The second-order valence-corrected chi connectivity index (χ2v) is 9.41. The fraction of sp³-hybridized carbons (Fsp3) is 0.474. The van der Waals surface area contributed by atoms with Gasteiger partial charge in [-0.1, -0.05) is 6.07 Å². The number of benzene rings is 1. The van der Waals surface area contributed by atoms with Gasteiger partial charge >= 0.3 is 6.18 Å². The standard InChI is InChI=1S/C19H23F3N4O3S/c1-13(2)25-11-17(23-12-25)30(28,29)26-8-4-5-14(10-26)18(27)24-16-7-3-6-15(9-16)19(20,21)22/h3,6-7,9,11-14H,4-5,8,10H2,1-2H3,(H,24,27). The summed E-state index contributed by atoms with van der Waals surface area (Å²) in [5.41, 5.74) is -0.848. The van der Waals surface area contributed by atoms with E-state index in [9.17, 15) is 26.4 Å². The maximum Gasteiger partial charge on any atom is 0.416 e. The van der Waals surface area contributed by atoms with E-state index in [0.29, 0.717) is 12.8 Å². The molecule has 164 valence electrons. The van der Waals surface area contributed by atoms with E-state index in [1.54, 1.807) is 4.57 Å². The number of hydrogen-bond donors (Lipinski definition) is 1. The number of aromatic nitrogens is 2. The first kappa shape index (κ1) is 22.3. The fourth-order valence-electron chi connectivity index (χ4n) is 3.26. The van der Waals surface area contributed by atoms with Crippen molar-refractivity contribution in [1.29, 1.82) is 0 Å². The third-order valence-corrected chi connectivity index (χ3v) is 6.74. The highest BCUT2D eigenvalue weighted by molar-refractivity contribution is 7.89. The summed E-state index contributed by atoms with van der Waals surface area (Å²) >= 11 is 0. The summed E-state index contributed by atoms with van der Waals surface area (Å²) in [6.07, 6.45) is -0.719. The summed E-state index contributed by atoms with van der Waals surface area (Å²) in [5.74, 6) is -1.18. The number of rotatable bonds is 5. The number of halogens is 3. The lowest BCUT2D eigenvalue weighted by Crippen LogP contribution is -2.43. The minimum absolute atomic E-state index is 0.0190. The van der Waals surface area contributed by atoms with Crippen LogP contribution in [0.2, 0.25) is 0 Å². The number of nitrogens with one attached hydrogen (secondary N) is 1. The van der Waals surface area contributed by atoms with E-state index in [0.717, 1.165) is 12.1 Å². The molecule has 1 amide bonds. The molecule has 7 nitrogen and oxygen atoms in total. The second-order valence-electron chi connectivity index (χ2n) is 7.52. The summed E-state index contributed by atoms with van der Waals surface area (Å²) < 4.78 is 67.3. The van der Waals surface area contributed by atoms with E-state index in [1.165, 1.54) is 29.0 Å². The third kappa shape index (κ3) is 4.84. The Kier molecular flexibility index (Phi) is 6.23. The molecule has 1 atom stereocenters. The van der Waals surface area contributed by atoms with Crippen LogP contribution in [-0.4, -0.2) is 41.3 Å². The third-order valence-electron chi connectivity index (χ3n) is 4.99. The quantitative estimate of drug-likeness (QED) is 0.765. The monoisotopic (exact) mass is 444 g/mol. The molecular formula is C19H23F3N4O3S. The molecule has 1 unspecified atom stereocenters. The van der Waals surface area contributed by atoms with Gasteiger partial charge in [0.15, 0.2) is 5.03 Å². The van der Waals surface area contributed by atoms with Gasteiger partial charge in [0.2, 0.25) is 5.91 Å². The molecule has 0 spiro atoms. The van der Waals surface area contributed by atoms with Crippen LogP contribution in [0.25, 0.3) is 0 Å². The molecule has 2 heterocycles. The van der Waals surface area contributed by atoms with Gasteiger partial charge in [-0.05, 0) is 44.9 Å². The average molecular weight is 444 g/mol. The first-order valence-corrected chi connectivity index (χ1v) is 10.9. The van der Waals surface area contributed by atoms with Crippen molar-refractivity contribution in [2.24, 2.45) is 5.92 Å². The molecular weight excluding hydrogens is 421 g/mol. The van der Waals surface area contributed by atoms with Gasteiger partial charge in [-0.3, -0.25) is 4.79 Å². The van der Waals surface area contributed by atoms with Crippen molar-refractivity contribution in [2.75, 3.05) is 18.4 Å². The molecule has 1 fully saturated rings. The van der Waals surface area contributed by atoms with E-state index in [1.807, 2.05) is 13.8 Å². The van der Waals surface area contributed by atoms with Crippen molar-refractivity contribution in [3.63, 3.8) is 0 Å². The number of anilines is 1. The van der Waals surface area contributed by atoms with Gasteiger partial charge in [-0.2, -0.15) is 17.5 Å². The maximum absolute atomic E-state index is 12.9. The van der Waals surface area contributed by atoms with Crippen LogP contribution in [0.3, 0.4) is 0 Å². The van der Waals surface area contributed by atoms with Crippen LogP contribution < -0.4 is 5.32 Å². The van der Waals surface area contributed by atoms with Crippen molar-refractivity contribution in [3.05, 3.63) is 42.4 Å². The van der Waals surface area contributed by atoms with Crippen LogP contribution in [0.15, 0.2) is 41.8 Å². The summed E-state index contributed by atoms with van der Waals surface area (Å²) in [5, 5.41) is 2.39. The Morgan fingerprint density at radius 1 is 1.30 bits per heavy atom. The normalized spacial score (nSPS) is 18.5. The smallest absolute Gasteiger partial charge is 0.334 e. The van der Waals surface area contributed by atoms with Crippen molar-refractivity contribution in [3.8, 4) is 0 Å². The van der Waals surface area contributed by atoms with E-state index in [4.69, 9.17) is 0 Å². The summed E-state index contributed by atoms with van der Waals surface area (Å²) in [6, 6.07) is 4.40. The zero-order chi connectivity index (χ0) is 22.1. The Morgan fingerprint density at radius 3 is 2.67 bits per heavy atom. The number of nitrogens with zero attached hydrogens (tertiary/aromatic N) is 3. The van der Waals surface area contributed by atoms with Gasteiger partial charge in [0, 0.05) is 31.0 Å². The Hall–Kier alpha value is -2.40. The van der Waals surface area contributed by atoms with E-state index in [2.05, 4.69) is 10.3 Å². The lowest BCUT2D eigenvalue weighted by Gasteiger charge is -2.30. The molecule has 0 saturated carbocycles. The number of carbonyl (C=O) groups is 1. The highest BCUT2D eigenvalue weighted by atomic mass is 32.2. The van der Waals surface area contributed by atoms with Crippen molar-refractivity contribution in [1.82, 2.24) is 13.9 Å². The molecule has 1 aliphatic heterocycles. The Morgan fingerprint density at radius 2 is 2.03 bits per heavy atom. The van der Waals surface area contributed by atoms with Crippen LogP contribution in [-0.2, 0) is 21.0 Å². The number of amides is 1. The van der Waals surface area contributed by atoms with Crippen molar-refractivity contribution < 1.29 is 26.4 Å². The Labute approximate surface area is 172 Å². The first-order valence-electron chi connectivity index (χ1n) is 9.50. The fourth-order valence-corrected chi connectivity index (χ4v) is 4.70. The molecule has 0 aliphatic carbocycles. The molecule has 1 saturated heterocycles. The molecule has 11 heteroatoms. The molecule has 30 heavy (non-hydrogen) atoms. The van der Waals surface area contributed by atoms with Gasteiger partial charge < -0.3 is 9.88 Å². The van der Waals surface area contributed by atoms with Crippen LogP contribution in [0.4, 0.5) is 18.9 Å². The summed E-state index contributed by atoms with van der Waals surface area (Å²) in [6.45, 7) is 3.99. The molecule has 0 radical (unpaired) electrons.